The van der Waals surface area contributed by atoms with Crippen LogP contribution in [0.15, 0.2) is 12.1 Å². The van der Waals surface area contributed by atoms with Crippen LogP contribution in [0.4, 0.5) is 0 Å². The fraction of sp³-hybridized carbons (Fsp3) is 0.250. The molecule has 1 aliphatic heterocycles. The maximum absolute atomic E-state index is 9.35. The van der Waals surface area contributed by atoms with Gasteiger partial charge in [0.25, 0.3) is 0 Å². The van der Waals surface area contributed by atoms with Crippen molar-refractivity contribution in [2.75, 3.05) is 6.79 Å². The molecule has 0 spiro atoms. The minimum atomic E-state index is 0.147. The summed E-state index contributed by atoms with van der Waals surface area (Å²) in [5.74, 6) is 1.63. The van der Waals surface area contributed by atoms with E-state index in [0.29, 0.717) is 17.1 Å². The van der Waals surface area contributed by atoms with E-state index in [-0.39, 0.29) is 18.4 Å². The Kier molecular flexibility index (Phi) is 1.73. The molecule has 0 bridgehead atoms. The molecule has 4 heteroatoms. The number of aromatic hydroxyl groups is 1. The summed E-state index contributed by atoms with van der Waals surface area (Å²) >= 11 is 5.58. The minimum absolute atomic E-state index is 0.147. The van der Waals surface area contributed by atoms with Crippen LogP contribution in [0.1, 0.15) is 5.56 Å². The van der Waals surface area contributed by atoms with Gasteiger partial charge in [0.05, 0.1) is 5.88 Å². The Morgan fingerprint density at radius 2 is 2.00 bits per heavy atom. The molecule has 1 N–H and O–H groups in total. The Morgan fingerprint density at radius 3 is 2.67 bits per heavy atom. The van der Waals surface area contributed by atoms with Crippen molar-refractivity contribution < 1.29 is 14.6 Å². The molecule has 0 saturated heterocycles. The monoisotopic (exact) mass is 186 g/mol. The minimum Gasteiger partial charge on any atom is -0.507 e. The molecule has 64 valence electrons. The van der Waals surface area contributed by atoms with Crippen molar-refractivity contribution in [1.29, 1.82) is 0 Å². The van der Waals surface area contributed by atoms with Gasteiger partial charge in [0, 0.05) is 11.6 Å². The van der Waals surface area contributed by atoms with E-state index in [4.69, 9.17) is 21.1 Å². The molecule has 1 aliphatic rings. The summed E-state index contributed by atoms with van der Waals surface area (Å²) in [6.07, 6.45) is 0. The molecule has 12 heavy (non-hydrogen) atoms. The van der Waals surface area contributed by atoms with Gasteiger partial charge in [-0.3, -0.25) is 0 Å². The Hall–Kier alpha value is -1.09. The second-order valence-corrected chi connectivity index (χ2v) is 2.74. The van der Waals surface area contributed by atoms with E-state index < -0.39 is 0 Å². The zero-order chi connectivity index (χ0) is 8.55. The van der Waals surface area contributed by atoms with Crippen LogP contribution in [0.3, 0.4) is 0 Å². The Labute approximate surface area is 74.5 Å². The number of alkyl halides is 1. The Bertz CT molecular complexity index is 311. The Morgan fingerprint density at radius 1 is 1.33 bits per heavy atom. The summed E-state index contributed by atoms with van der Waals surface area (Å²) in [5.41, 5.74) is 0.654. The van der Waals surface area contributed by atoms with Crippen molar-refractivity contribution in [1.82, 2.24) is 0 Å². The fourth-order valence-corrected chi connectivity index (χ4v) is 1.29. The highest BCUT2D eigenvalue weighted by molar-refractivity contribution is 6.17. The van der Waals surface area contributed by atoms with Crippen LogP contribution >= 0.6 is 11.6 Å². The molecule has 0 atom stereocenters. The molecule has 0 saturated carbocycles. The van der Waals surface area contributed by atoms with Gasteiger partial charge in [-0.25, -0.2) is 0 Å². The lowest BCUT2D eigenvalue weighted by Gasteiger charge is -2.01. The average molecular weight is 187 g/mol. The molecule has 0 aliphatic carbocycles. The molecule has 2 rings (SSSR count). The molecule has 0 unspecified atom stereocenters. The average Bonchev–Trinajstić information content (AvgIpc) is 2.49. The number of benzene rings is 1. The zero-order valence-electron chi connectivity index (χ0n) is 6.21. The highest BCUT2D eigenvalue weighted by Crippen LogP contribution is 2.37. The van der Waals surface area contributed by atoms with Crippen LogP contribution in [0.25, 0.3) is 0 Å². The number of ether oxygens (including phenoxy) is 2. The summed E-state index contributed by atoms with van der Waals surface area (Å²) in [6, 6.07) is 3.20. The lowest BCUT2D eigenvalue weighted by molar-refractivity contribution is 0.174. The fourth-order valence-electron chi connectivity index (χ4n) is 1.08. The summed E-state index contributed by atoms with van der Waals surface area (Å²) < 4.78 is 10.2. The van der Waals surface area contributed by atoms with Gasteiger partial charge in [0.1, 0.15) is 5.75 Å². The SMILES string of the molecule is Oc1cc2c(cc1CCl)OCO2. The molecule has 0 amide bonds. The molecule has 0 radical (unpaired) electrons. The highest BCUT2D eigenvalue weighted by Gasteiger charge is 2.16. The molecule has 3 nitrogen and oxygen atoms in total. The van der Waals surface area contributed by atoms with Gasteiger partial charge in [-0.1, -0.05) is 0 Å². The first-order valence-electron chi connectivity index (χ1n) is 3.48. The third kappa shape index (κ3) is 1.06. The van der Waals surface area contributed by atoms with E-state index >= 15 is 0 Å². The third-order valence-corrected chi connectivity index (χ3v) is 2.01. The molecule has 0 fully saturated rings. The summed E-state index contributed by atoms with van der Waals surface area (Å²) in [6.45, 7) is 0.209. The lowest BCUT2D eigenvalue weighted by Crippen LogP contribution is -1.92. The van der Waals surface area contributed by atoms with E-state index in [1.807, 2.05) is 0 Å². The standard InChI is InChI=1S/C8H7ClO3/c9-3-5-1-7-8(2-6(5)10)12-4-11-7/h1-2,10H,3-4H2. The molecule has 1 aromatic carbocycles. The first-order chi connectivity index (χ1) is 5.81. The van der Waals surface area contributed by atoms with E-state index in [1.54, 1.807) is 6.07 Å². The van der Waals surface area contributed by atoms with Crippen molar-refractivity contribution in [3.05, 3.63) is 17.7 Å². The molecular formula is C8H7ClO3. The lowest BCUT2D eigenvalue weighted by atomic mass is 10.2. The molecule has 1 aromatic rings. The zero-order valence-corrected chi connectivity index (χ0v) is 6.97. The number of halogens is 1. The van der Waals surface area contributed by atoms with Gasteiger partial charge in [-0.05, 0) is 6.07 Å². The van der Waals surface area contributed by atoms with Crippen molar-refractivity contribution in [2.45, 2.75) is 5.88 Å². The Balaban J connectivity index is 2.49. The van der Waals surface area contributed by atoms with Gasteiger partial charge in [-0.2, -0.15) is 0 Å². The molecular weight excluding hydrogens is 180 g/mol. The molecule has 1 heterocycles. The smallest absolute Gasteiger partial charge is 0.231 e. The quantitative estimate of drug-likeness (QED) is 0.681. The first-order valence-corrected chi connectivity index (χ1v) is 4.02. The maximum Gasteiger partial charge on any atom is 0.231 e. The van der Waals surface area contributed by atoms with Gasteiger partial charge in [0.15, 0.2) is 11.5 Å². The van der Waals surface area contributed by atoms with Crippen molar-refractivity contribution in [3.8, 4) is 17.2 Å². The maximum atomic E-state index is 9.35. The van der Waals surface area contributed by atoms with Gasteiger partial charge < -0.3 is 14.6 Å². The van der Waals surface area contributed by atoms with Gasteiger partial charge >= 0.3 is 0 Å². The van der Waals surface area contributed by atoms with Crippen molar-refractivity contribution >= 4 is 11.6 Å². The van der Waals surface area contributed by atoms with E-state index in [1.165, 1.54) is 6.07 Å². The topological polar surface area (TPSA) is 38.7 Å². The summed E-state index contributed by atoms with van der Waals surface area (Å²) in [4.78, 5) is 0. The molecule has 0 aromatic heterocycles. The largest absolute Gasteiger partial charge is 0.507 e. The van der Waals surface area contributed by atoms with E-state index in [2.05, 4.69) is 0 Å². The van der Waals surface area contributed by atoms with Gasteiger partial charge in [-0.15, -0.1) is 11.6 Å². The predicted octanol–water partition coefficient (Wildman–Crippen LogP) is 1.86. The van der Waals surface area contributed by atoms with Crippen LogP contribution in [0, 0.1) is 0 Å². The van der Waals surface area contributed by atoms with Crippen LogP contribution in [-0.2, 0) is 5.88 Å². The second kappa shape index (κ2) is 2.75. The normalized spacial score (nSPS) is 13.4. The van der Waals surface area contributed by atoms with E-state index in [9.17, 15) is 5.11 Å². The van der Waals surface area contributed by atoms with Gasteiger partial charge in [0.2, 0.25) is 6.79 Å². The van der Waals surface area contributed by atoms with Crippen LogP contribution in [-0.4, -0.2) is 11.9 Å². The van der Waals surface area contributed by atoms with Crippen molar-refractivity contribution in [3.63, 3.8) is 0 Å². The summed E-state index contributed by atoms with van der Waals surface area (Å²) in [5, 5.41) is 9.35. The number of phenolic OH excluding ortho intramolecular Hbond substituents is 1. The van der Waals surface area contributed by atoms with E-state index in [0.717, 1.165) is 0 Å². The highest BCUT2D eigenvalue weighted by atomic mass is 35.5. The number of rotatable bonds is 1. The number of phenols is 1. The third-order valence-electron chi connectivity index (χ3n) is 1.72. The van der Waals surface area contributed by atoms with Crippen LogP contribution in [0.5, 0.6) is 17.2 Å². The van der Waals surface area contributed by atoms with Crippen LogP contribution < -0.4 is 9.47 Å². The number of fused-ring (bicyclic) bond motifs is 1. The number of hydrogen-bond acceptors (Lipinski definition) is 3. The first kappa shape index (κ1) is 7.55. The number of hydrogen-bond donors (Lipinski definition) is 1. The summed E-state index contributed by atoms with van der Waals surface area (Å²) in [7, 11) is 0. The van der Waals surface area contributed by atoms with Crippen LogP contribution in [0.2, 0.25) is 0 Å². The second-order valence-electron chi connectivity index (χ2n) is 2.47. The predicted molar refractivity (Wildman–Crippen MR) is 43.8 cm³/mol. The van der Waals surface area contributed by atoms with Crippen molar-refractivity contribution in [2.24, 2.45) is 0 Å².